The molecule has 0 atom stereocenters. The predicted octanol–water partition coefficient (Wildman–Crippen LogP) is -0.504. The van der Waals surface area contributed by atoms with Crippen molar-refractivity contribution in [3.63, 3.8) is 0 Å². The first kappa shape index (κ1) is 15.1. The van der Waals surface area contributed by atoms with E-state index in [2.05, 4.69) is 15.6 Å². The van der Waals surface area contributed by atoms with Crippen molar-refractivity contribution in [3.8, 4) is 0 Å². The average molecular weight is 269 g/mol. The smallest absolute Gasteiger partial charge is 0.329 e. The van der Waals surface area contributed by atoms with Crippen LogP contribution in [-0.4, -0.2) is 37.5 Å². The Hall–Kier alpha value is -1.96. The summed E-state index contributed by atoms with van der Waals surface area (Å²) in [7, 11) is 0. The van der Waals surface area contributed by atoms with Gasteiger partial charge in [0.05, 0.1) is 11.9 Å². The molecular weight excluding hydrogens is 250 g/mol. The third kappa shape index (κ3) is 3.50. The molecule has 1 rings (SSSR count). The van der Waals surface area contributed by atoms with Crippen LogP contribution in [-0.2, 0) is 22.7 Å². The summed E-state index contributed by atoms with van der Waals surface area (Å²) in [5.41, 5.74) is 4.73. The molecule has 0 bridgehead atoms. The molecule has 0 aromatic carbocycles. The van der Waals surface area contributed by atoms with Crippen LogP contribution in [0.2, 0.25) is 0 Å². The van der Waals surface area contributed by atoms with Crippen molar-refractivity contribution < 1.29 is 14.7 Å². The number of hydrogen-bond donors (Lipinski definition) is 3. The summed E-state index contributed by atoms with van der Waals surface area (Å²) in [4.78, 5) is 23.1. The second-order valence-corrected chi connectivity index (χ2v) is 4.25. The monoisotopic (exact) mass is 269 g/mol. The van der Waals surface area contributed by atoms with E-state index in [4.69, 9.17) is 5.73 Å². The minimum Gasteiger partial charge on any atom is -0.480 e. The van der Waals surface area contributed by atoms with Gasteiger partial charge in [-0.2, -0.15) is 0 Å². The molecule has 1 heterocycles. The van der Waals surface area contributed by atoms with E-state index in [-0.39, 0.29) is 13.1 Å². The van der Waals surface area contributed by atoms with Crippen LogP contribution in [0.15, 0.2) is 6.20 Å². The van der Waals surface area contributed by atoms with Crippen LogP contribution in [0.5, 0.6) is 0 Å². The standard InChI is InChI=1S/C11H19N5O3/c1-3-11(4-2,10(18)19)13-9(17)7-16-6-8(5-12)14-15-16/h6H,3-5,7,12H2,1-2H3,(H,13,17)(H,18,19). The molecule has 19 heavy (non-hydrogen) atoms. The number of nitrogens with zero attached hydrogens (tertiary/aromatic N) is 3. The molecule has 0 aliphatic heterocycles. The molecule has 1 aromatic rings. The number of carbonyl (C=O) groups excluding carboxylic acids is 1. The lowest BCUT2D eigenvalue weighted by molar-refractivity contribution is -0.148. The number of aliphatic carboxylic acids is 1. The minimum absolute atomic E-state index is 0.0813. The molecule has 1 aromatic heterocycles. The van der Waals surface area contributed by atoms with Crippen LogP contribution in [0.1, 0.15) is 32.4 Å². The highest BCUT2D eigenvalue weighted by molar-refractivity contribution is 5.86. The number of carbonyl (C=O) groups is 2. The molecule has 1 amide bonds. The topological polar surface area (TPSA) is 123 Å². The molecule has 0 spiro atoms. The Labute approximate surface area is 111 Å². The fraction of sp³-hybridized carbons (Fsp3) is 0.636. The molecular formula is C11H19N5O3. The maximum Gasteiger partial charge on any atom is 0.329 e. The number of amides is 1. The van der Waals surface area contributed by atoms with E-state index in [1.807, 2.05) is 0 Å². The van der Waals surface area contributed by atoms with Crippen LogP contribution in [0.25, 0.3) is 0 Å². The van der Waals surface area contributed by atoms with Crippen LogP contribution in [0, 0.1) is 0 Å². The number of hydrogen-bond acceptors (Lipinski definition) is 5. The summed E-state index contributed by atoms with van der Waals surface area (Å²) in [6.07, 6.45) is 2.19. The Morgan fingerprint density at radius 3 is 2.53 bits per heavy atom. The second kappa shape index (κ2) is 6.28. The van der Waals surface area contributed by atoms with Gasteiger partial charge in [-0.15, -0.1) is 5.10 Å². The Bertz CT molecular complexity index is 453. The summed E-state index contributed by atoms with van der Waals surface area (Å²) in [5, 5.41) is 19.2. The number of aromatic nitrogens is 3. The summed E-state index contributed by atoms with van der Waals surface area (Å²) < 4.78 is 1.33. The summed E-state index contributed by atoms with van der Waals surface area (Å²) in [5.74, 6) is -1.45. The molecule has 0 saturated carbocycles. The van der Waals surface area contributed by atoms with Crippen LogP contribution in [0.3, 0.4) is 0 Å². The normalized spacial score (nSPS) is 11.3. The Kier molecular flexibility index (Phi) is 4.99. The molecule has 0 saturated heterocycles. The Balaban J connectivity index is 2.70. The van der Waals surface area contributed by atoms with E-state index in [0.717, 1.165) is 0 Å². The maximum atomic E-state index is 11.9. The van der Waals surface area contributed by atoms with Crippen molar-refractivity contribution in [2.75, 3.05) is 0 Å². The molecule has 8 nitrogen and oxygen atoms in total. The first-order valence-electron chi connectivity index (χ1n) is 6.11. The SMILES string of the molecule is CCC(CC)(NC(=O)Cn1cc(CN)nn1)C(=O)O. The second-order valence-electron chi connectivity index (χ2n) is 4.25. The van der Waals surface area contributed by atoms with Crippen molar-refractivity contribution in [1.82, 2.24) is 20.3 Å². The average Bonchev–Trinajstić information content (AvgIpc) is 2.83. The Morgan fingerprint density at radius 1 is 1.47 bits per heavy atom. The summed E-state index contributed by atoms with van der Waals surface area (Å²) in [6.45, 7) is 3.60. The van der Waals surface area contributed by atoms with Gasteiger partial charge in [0, 0.05) is 6.54 Å². The van der Waals surface area contributed by atoms with Gasteiger partial charge in [-0.3, -0.25) is 4.79 Å². The maximum absolute atomic E-state index is 11.9. The van der Waals surface area contributed by atoms with Gasteiger partial charge in [0.15, 0.2) is 0 Å². The van der Waals surface area contributed by atoms with Gasteiger partial charge < -0.3 is 16.2 Å². The fourth-order valence-corrected chi connectivity index (χ4v) is 1.75. The van der Waals surface area contributed by atoms with E-state index >= 15 is 0 Å². The van der Waals surface area contributed by atoms with Crippen LogP contribution >= 0.6 is 0 Å². The lowest BCUT2D eigenvalue weighted by Gasteiger charge is -2.27. The molecule has 0 aliphatic rings. The zero-order chi connectivity index (χ0) is 14.5. The van der Waals surface area contributed by atoms with Gasteiger partial charge in [-0.05, 0) is 12.8 Å². The lowest BCUT2D eigenvalue weighted by atomic mass is 9.93. The number of nitrogens with one attached hydrogen (secondary N) is 1. The highest BCUT2D eigenvalue weighted by atomic mass is 16.4. The van der Waals surface area contributed by atoms with Crippen molar-refractivity contribution in [3.05, 3.63) is 11.9 Å². The fourth-order valence-electron chi connectivity index (χ4n) is 1.75. The van der Waals surface area contributed by atoms with E-state index < -0.39 is 17.4 Å². The molecule has 0 radical (unpaired) electrons. The highest BCUT2D eigenvalue weighted by Gasteiger charge is 2.36. The third-order valence-electron chi connectivity index (χ3n) is 3.10. The number of carboxylic acid groups (broad SMARTS) is 1. The van der Waals surface area contributed by atoms with Crippen LogP contribution < -0.4 is 11.1 Å². The van der Waals surface area contributed by atoms with Crippen molar-refractivity contribution in [1.29, 1.82) is 0 Å². The summed E-state index contributed by atoms with van der Waals surface area (Å²) in [6, 6.07) is 0. The number of rotatable bonds is 7. The predicted molar refractivity (Wildman–Crippen MR) is 67.0 cm³/mol. The van der Waals surface area contributed by atoms with Gasteiger partial charge >= 0.3 is 5.97 Å². The van der Waals surface area contributed by atoms with Gasteiger partial charge in [-0.1, -0.05) is 19.1 Å². The molecule has 0 fully saturated rings. The van der Waals surface area contributed by atoms with E-state index in [1.165, 1.54) is 4.68 Å². The van der Waals surface area contributed by atoms with Crippen molar-refractivity contribution >= 4 is 11.9 Å². The third-order valence-corrected chi connectivity index (χ3v) is 3.10. The van der Waals surface area contributed by atoms with Crippen LogP contribution in [0.4, 0.5) is 0 Å². The summed E-state index contributed by atoms with van der Waals surface area (Å²) >= 11 is 0. The van der Waals surface area contributed by atoms with Gasteiger partial charge in [0.1, 0.15) is 12.1 Å². The number of nitrogens with two attached hydrogens (primary N) is 1. The lowest BCUT2D eigenvalue weighted by Crippen LogP contribution is -2.54. The largest absolute Gasteiger partial charge is 0.480 e. The van der Waals surface area contributed by atoms with Crippen molar-refractivity contribution in [2.24, 2.45) is 5.73 Å². The highest BCUT2D eigenvalue weighted by Crippen LogP contribution is 2.15. The number of carboxylic acids is 1. The molecule has 8 heteroatoms. The Morgan fingerprint density at radius 2 is 2.11 bits per heavy atom. The van der Waals surface area contributed by atoms with E-state index in [9.17, 15) is 14.7 Å². The minimum atomic E-state index is -1.23. The van der Waals surface area contributed by atoms with Crippen molar-refractivity contribution in [2.45, 2.75) is 45.3 Å². The molecule has 106 valence electrons. The first-order chi connectivity index (χ1) is 8.97. The van der Waals surface area contributed by atoms with Gasteiger partial charge in [0.2, 0.25) is 5.91 Å². The molecule has 0 unspecified atom stereocenters. The zero-order valence-electron chi connectivity index (χ0n) is 11.1. The quantitative estimate of drug-likeness (QED) is 0.613. The first-order valence-corrected chi connectivity index (χ1v) is 6.11. The molecule has 0 aliphatic carbocycles. The van der Waals surface area contributed by atoms with Gasteiger partial charge in [0.25, 0.3) is 0 Å². The van der Waals surface area contributed by atoms with Gasteiger partial charge in [-0.25, -0.2) is 9.48 Å². The van der Waals surface area contributed by atoms with E-state index in [1.54, 1.807) is 20.0 Å². The zero-order valence-corrected chi connectivity index (χ0v) is 11.1. The van der Waals surface area contributed by atoms with E-state index in [0.29, 0.717) is 18.5 Å². The molecule has 4 N–H and O–H groups in total.